The van der Waals surface area contributed by atoms with Gasteiger partial charge < -0.3 is 10.4 Å². The van der Waals surface area contributed by atoms with Gasteiger partial charge in [-0.25, -0.2) is 4.79 Å². The number of benzene rings is 2. The van der Waals surface area contributed by atoms with Gasteiger partial charge in [-0.1, -0.05) is 29.3 Å². The molecule has 0 saturated heterocycles. The summed E-state index contributed by atoms with van der Waals surface area (Å²) in [5, 5.41) is 11.7. The average Bonchev–Trinajstić information content (AvgIpc) is 2.37. The van der Waals surface area contributed by atoms with Gasteiger partial charge in [0.25, 0.3) is 5.91 Å². The highest BCUT2D eigenvalue weighted by atomic mass is 35.5. The summed E-state index contributed by atoms with van der Waals surface area (Å²) in [6.45, 7) is 3.82. The number of rotatable bonds is 3. The van der Waals surface area contributed by atoms with Crippen molar-refractivity contribution in [3.63, 3.8) is 0 Å². The van der Waals surface area contributed by atoms with Crippen LogP contribution >= 0.6 is 11.6 Å². The van der Waals surface area contributed by atoms with Gasteiger partial charge in [-0.2, -0.15) is 0 Å². The molecule has 1 amide bonds. The minimum absolute atomic E-state index is 0.00109. The Labute approximate surface area is 127 Å². The van der Waals surface area contributed by atoms with Crippen LogP contribution in [0, 0.1) is 13.8 Å². The summed E-state index contributed by atoms with van der Waals surface area (Å²) in [5.74, 6) is -1.36. The summed E-state index contributed by atoms with van der Waals surface area (Å²) in [4.78, 5) is 23.1. The first-order valence-electron chi connectivity index (χ1n) is 6.30. The highest BCUT2D eigenvalue weighted by Gasteiger charge is 2.12. The molecule has 0 aromatic heterocycles. The van der Waals surface area contributed by atoms with Crippen molar-refractivity contribution in [2.75, 3.05) is 5.32 Å². The molecule has 0 spiro atoms. The smallest absolute Gasteiger partial charge is 0.337 e. The molecule has 0 bridgehead atoms. The van der Waals surface area contributed by atoms with Crippen LogP contribution in [-0.4, -0.2) is 17.0 Å². The zero-order valence-corrected chi connectivity index (χ0v) is 12.4. The molecule has 0 saturated carbocycles. The third kappa shape index (κ3) is 3.41. The number of amides is 1. The van der Waals surface area contributed by atoms with E-state index in [1.807, 2.05) is 26.0 Å². The number of aromatic carboxylic acids is 1. The lowest BCUT2D eigenvalue weighted by atomic mass is 10.1. The minimum Gasteiger partial charge on any atom is -0.478 e. The summed E-state index contributed by atoms with van der Waals surface area (Å²) >= 11 is 5.87. The fraction of sp³-hybridized carbons (Fsp3) is 0.125. The van der Waals surface area contributed by atoms with Crippen molar-refractivity contribution in [3.8, 4) is 0 Å². The molecule has 5 heteroatoms. The van der Waals surface area contributed by atoms with Crippen LogP contribution in [0.5, 0.6) is 0 Å². The van der Waals surface area contributed by atoms with Crippen molar-refractivity contribution >= 4 is 29.2 Å². The number of hydrogen-bond acceptors (Lipinski definition) is 2. The summed E-state index contributed by atoms with van der Waals surface area (Å²) in [5.41, 5.74) is 2.98. The fourth-order valence-corrected chi connectivity index (χ4v) is 2.29. The Morgan fingerprint density at radius 3 is 2.29 bits per heavy atom. The van der Waals surface area contributed by atoms with Crippen LogP contribution in [0.4, 0.5) is 5.69 Å². The van der Waals surface area contributed by atoms with Crippen molar-refractivity contribution in [2.24, 2.45) is 0 Å². The van der Waals surface area contributed by atoms with E-state index < -0.39 is 5.97 Å². The van der Waals surface area contributed by atoms with Gasteiger partial charge in [0.1, 0.15) is 0 Å². The standard InChI is InChI=1S/C16H14ClNO3/c1-9-3-5-12(10(2)7-9)15(19)18-11-4-6-13(16(20)21)14(17)8-11/h3-8H,1-2H3,(H,18,19)(H,20,21). The van der Waals surface area contributed by atoms with E-state index in [0.717, 1.165) is 11.1 Å². The van der Waals surface area contributed by atoms with Crippen molar-refractivity contribution < 1.29 is 14.7 Å². The molecule has 0 fully saturated rings. The van der Waals surface area contributed by atoms with Crippen molar-refractivity contribution in [3.05, 3.63) is 63.7 Å². The van der Waals surface area contributed by atoms with Crippen LogP contribution in [0.25, 0.3) is 0 Å². The minimum atomic E-state index is -1.10. The van der Waals surface area contributed by atoms with E-state index in [-0.39, 0.29) is 16.5 Å². The summed E-state index contributed by atoms with van der Waals surface area (Å²) in [6, 6.07) is 9.84. The van der Waals surface area contributed by atoms with E-state index in [0.29, 0.717) is 11.3 Å². The predicted molar refractivity (Wildman–Crippen MR) is 82.3 cm³/mol. The Bertz CT molecular complexity index is 725. The number of halogens is 1. The summed E-state index contributed by atoms with van der Waals surface area (Å²) in [6.07, 6.45) is 0. The van der Waals surface area contributed by atoms with Crippen molar-refractivity contribution in [1.82, 2.24) is 0 Å². The first kappa shape index (κ1) is 15.1. The molecule has 0 radical (unpaired) electrons. The highest BCUT2D eigenvalue weighted by Crippen LogP contribution is 2.22. The normalized spacial score (nSPS) is 10.2. The Morgan fingerprint density at radius 2 is 1.71 bits per heavy atom. The number of carboxylic acid groups (broad SMARTS) is 1. The van der Waals surface area contributed by atoms with E-state index in [9.17, 15) is 9.59 Å². The van der Waals surface area contributed by atoms with E-state index in [4.69, 9.17) is 16.7 Å². The van der Waals surface area contributed by atoms with Gasteiger partial charge in [-0.05, 0) is 43.7 Å². The zero-order chi connectivity index (χ0) is 15.6. The lowest BCUT2D eigenvalue weighted by Crippen LogP contribution is -2.13. The maximum atomic E-state index is 12.2. The van der Waals surface area contributed by atoms with Crippen molar-refractivity contribution in [2.45, 2.75) is 13.8 Å². The Morgan fingerprint density at radius 1 is 1.05 bits per heavy atom. The van der Waals surface area contributed by atoms with Crippen molar-refractivity contribution in [1.29, 1.82) is 0 Å². The predicted octanol–water partition coefficient (Wildman–Crippen LogP) is 3.91. The fourth-order valence-electron chi connectivity index (χ4n) is 2.03. The van der Waals surface area contributed by atoms with Gasteiger partial charge in [0.15, 0.2) is 0 Å². The second-order valence-electron chi connectivity index (χ2n) is 4.77. The molecule has 0 unspecified atom stereocenters. The molecular weight excluding hydrogens is 290 g/mol. The number of hydrogen-bond donors (Lipinski definition) is 2. The molecule has 0 aliphatic heterocycles. The maximum Gasteiger partial charge on any atom is 0.337 e. The van der Waals surface area contributed by atoms with Gasteiger partial charge in [0.2, 0.25) is 0 Å². The first-order valence-corrected chi connectivity index (χ1v) is 6.67. The van der Waals surface area contributed by atoms with E-state index in [1.165, 1.54) is 18.2 Å². The zero-order valence-electron chi connectivity index (χ0n) is 11.6. The average molecular weight is 304 g/mol. The van der Waals surface area contributed by atoms with Crippen LogP contribution < -0.4 is 5.32 Å². The highest BCUT2D eigenvalue weighted by molar-refractivity contribution is 6.33. The number of carbonyl (C=O) groups is 2. The van der Waals surface area contributed by atoms with Crippen LogP contribution in [0.2, 0.25) is 5.02 Å². The number of carboxylic acids is 1. The number of nitrogens with one attached hydrogen (secondary N) is 1. The third-order valence-electron chi connectivity index (χ3n) is 3.08. The molecule has 0 aliphatic rings. The first-order chi connectivity index (χ1) is 9.88. The Balaban J connectivity index is 2.23. The third-order valence-corrected chi connectivity index (χ3v) is 3.40. The molecule has 0 aliphatic carbocycles. The molecule has 2 aromatic carbocycles. The Kier molecular flexibility index (Phi) is 4.29. The van der Waals surface area contributed by atoms with Crippen LogP contribution in [0.1, 0.15) is 31.8 Å². The van der Waals surface area contributed by atoms with Gasteiger partial charge >= 0.3 is 5.97 Å². The van der Waals surface area contributed by atoms with Crippen LogP contribution in [-0.2, 0) is 0 Å². The van der Waals surface area contributed by atoms with E-state index in [1.54, 1.807) is 6.07 Å². The summed E-state index contributed by atoms with van der Waals surface area (Å²) < 4.78 is 0. The largest absolute Gasteiger partial charge is 0.478 e. The lowest BCUT2D eigenvalue weighted by molar-refractivity contribution is 0.0697. The summed E-state index contributed by atoms with van der Waals surface area (Å²) in [7, 11) is 0. The van der Waals surface area contributed by atoms with Gasteiger partial charge in [0.05, 0.1) is 10.6 Å². The molecule has 4 nitrogen and oxygen atoms in total. The molecule has 2 aromatic rings. The van der Waals surface area contributed by atoms with E-state index in [2.05, 4.69) is 5.32 Å². The van der Waals surface area contributed by atoms with Crippen LogP contribution in [0.15, 0.2) is 36.4 Å². The van der Waals surface area contributed by atoms with Gasteiger partial charge in [-0.15, -0.1) is 0 Å². The van der Waals surface area contributed by atoms with E-state index >= 15 is 0 Å². The second kappa shape index (κ2) is 5.97. The quantitative estimate of drug-likeness (QED) is 0.903. The second-order valence-corrected chi connectivity index (χ2v) is 5.18. The van der Waals surface area contributed by atoms with Gasteiger partial charge in [-0.3, -0.25) is 4.79 Å². The maximum absolute atomic E-state index is 12.2. The topological polar surface area (TPSA) is 66.4 Å². The molecule has 0 heterocycles. The molecule has 21 heavy (non-hydrogen) atoms. The molecular formula is C16H14ClNO3. The molecule has 2 rings (SSSR count). The Hall–Kier alpha value is -2.33. The SMILES string of the molecule is Cc1ccc(C(=O)Nc2ccc(C(=O)O)c(Cl)c2)c(C)c1. The number of anilines is 1. The molecule has 2 N–H and O–H groups in total. The molecule has 0 atom stereocenters. The van der Waals surface area contributed by atoms with Gasteiger partial charge in [0, 0.05) is 11.3 Å². The van der Waals surface area contributed by atoms with Crippen LogP contribution in [0.3, 0.4) is 0 Å². The lowest BCUT2D eigenvalue weighted by Gasteiger charge is -2.09. The monoisotopic (exact) mass is 303 g/mol. The molecule has 108 valence electrons. The number of carbonyl (C=O) groups excluding carboxylic acids is 1. The number of aryl methyl sites for hydroxylation is 2.